The summed E-state index contributed by atoms with van der Waals surface area (Å²) in [7, 11) is 0. The molecule has 0 heterocycles. The van der Waals surface area contributed by atoms with Crippen molar-refractivity contribution in [3.63, 3.8) is 0 Å². The minimum Gasteiger partial charge on any atom is -0.507 e. The molecule has 0 radical (unpaired) electrons. The van der Waals surface area contributed by atoms with Gasteiger partial charge in [0.1, 0.15) is 11.5 Å². The minimum absolute atomic E-state index is 0.337. The van der Waals surface area contributed by atoms with Crippen LogP contribution in [-0.2, 0) is 13.1 Å². The van der Waals surface area contributed by atoms with Gasteiger partial charge in [0, 0.05) is 24.2 Å². The summed E-state index contributed by atoms with van der Waals surface area (Å²) in [6.45, 7) is 4.90. The first-order valence-corrected chi connectivity index (χ1v) is 6.35. The largest absolute Gasteiger partial charge is 0.507 e. The first-order valence-electron chi connectivity index (χ1n) is 6.35. The predicted octanol–water partition coefficient (Wildman–Crippen LogP) is 3.00. The monoisotopic (exact) mass is 257 g/mol. The zero-order valence-electron chi connectivity index (χ0n) is 11.3. The fraction of sp³-hybridized carbons (Fsp3) is 0.250. The lowest BCUT2D eigenvalue weighted by Gasteiger charge is -2.10. The van der Waals surface area contributed by atoms with Crippen molar-refractivity contribution in [3.05, 3.63) is 58.7 Å². The number of benzene rings is 2. The first-order chi connectivity index (χ1) is 9.09. The Labute approximate surface area is 113 Å². The highest BCUT2D eigenvalue weighted by Gasteiger charge is 2.05. The molecule has 0 aliphatic carbocycles. The van der Waals surface area contributed by atoms with E-state index in [1.807, 2.05) is 50.2 Å². The Morgan fingerprint density at radius 3 is 1.63 bits per heavy atom. The molecule has 100 valence electrons. The van der Waals surface area contributed by atoms with Crippen molar-refractivity contribution in [2.24, 2.45) is 0 Å². The Morgan fingerprint density at radius 2 is 1.21 bits per heavy atom. The zero-order valence-corrected chi connectivity index (χ0v) is 11.3. The molecule has 0 aliphatic heterocycles. The summed E-state index contributed by atoms with van der Waals surface area (Å²) >= 11 is 0. The fourth-order valence-electron chi connectivity index (χ4n) is 2.06. The van der Waals surface area contributed by atoms with E-state index in [0.29, 0.717) is 24.6 Å². The van der Waals surface area contributed by atoms with Gasteiger partial charge in [-0.25, -0.2) is 0 Å². The molecule has 0 saturated carbocycles. The number of nitrogens with one attached hydrogen (secondary N) is 1. The molecular weight excluding hydrogens is 238 g/mol. The third-order valence-corrected chi connectivity index (χ3v) is 3.27. The van der Waals surface area contributed by atoms with Crippen molar-refractivity contribution in [3.8, 4) is 11.5 Å². The fourth-order valence-corrected chi connectivity index (χ4v) is 2.06. The van der Waals surface area contributed by atoms with Crippen LogP contribution in [0.1, 0.15) is 22.3 Å². The summed E-state index contributed by atoms with van der Waals surface area (Å²) in [5, 5.41) is 23.0. The van der Waals surface area contributed by atoms with Crippen molar-refractivity contribution >= 4 is 0 Å². The second kappa shape index (κ2) is 5.76. The van der Waals surface area contributed by atoms with Crippen LogP contribution >= 0.6 is 0 Å². The maximum atomic E-state index is 9.90. The van der Waals surface area contributed by atoms with Gasteiger partial charge >= 0.3 is 0 Å². The van der Waals surface area contributed by atoms with E-state index in [-0.39, 0.29) is 0 Å². The van der Waals surface area contributed by atoms with Gasteiger partial charge in [0.25, 0.3) is 0 Å². The third-order valence-electron chi connectivity index (χ3n) is 3.27. The van der Waals surface area contributed by atoms with Crippen LogP contribution in [0.25, 0.3) is 0 Å². The van der Waals surface area contributed by atoms with E-state index in [2.05, 4.69) is 5.32 Å². The van der Waals surface area contributed by atoms with E-state index in [1.165, 1.54) is 0 Å². The highest BCUT2D eigenvalue weighted by atomic mass is 16.3. The molecule has 0 aromatic heterocycles. The molecule has 19 heavy (non-hydrogen) atoms. The second-order valence-corrected chi connectivity index (χ2v) is 4.77. The summed E-state index contributed by atoms with van der Waals surface area (Å²) < 4.78 is 0. The third kappa shape index (κ3) is 3.06. The van der Waals surface area contributed by atoms with Crippen molar-refractivity contribution in [1.82, 2.24) is 5.32 Å². The summed E-state index contributed by atoms with van der Waals surface area (Å²) in [6.07, 6.45) is 0. The molecule has 2 aromatic rings. The van der Waals surface area contributed by atoms with Gasteiger partial charge < -0.3 is 15.5 Å². The number of phenolic OH excluding ortho intramolecular Hbond substituents is 2. The number of phenols is 2. The molecule has 0 aliphatic rings. The zero-order chi connectivity index (χ0) is 13.8. The van der Waals surface area contributed by atoms with Crippen LogP contribution in [-0.4, -0.2) is 10.2 Å². The molecule has 0 amide bonds. The van der Waals surface area contributed by atoms with Gasteiger partial charge in [-0.05, 0) is 25.0 Å². The number of aryl methyl sites for hydroxylation is 2. The molecule has 0 saturated heterocycles. The van der Waals surface area contributed by atoms with Crippen LogP contribution in [0.2, 0.25) is 0 Å². The second-order valence-electron chi connectivity index (χ2n) is 4.77. The number of aromatic hydroxyl groups is 2. The van der Waals surface area contributed by atoms with Gasteiger partial charge in [0.15, 0.2) is 0 Å². The van der Waals surface area contributed by atoms with Crippen molar-refractivity contribution in [2.45, 2.75) is 26.9 Å². The average molecular weight is 257 g/mol. The normalized spacial score (nSPS) is 10.6. The lowest BCUT2D eigenvalue weighted by atomic mass is 10.1. The number of hydrogen-bond donors (Lipinski definition) is 3. The molecule has 0 fully saturated rings. The molecule has 2 aromatic carbocycles. The summed E-state index contributed by atoms with van der Waals surface area (Å²) in [4.78, 5) is 0. The minimum atomic E-state index is 0.337. The molecule has 2 rings (SSSR count). The SMILES string of the molecule is Cc1cccc(CNCc2cccc(C)c2O)c1O. The summed E-state index contributed by atoms with van der Waals surface area (Å²) in [6, 6.07) is 11.4. The molecule has 0 unspecified atom stereocenters. The van der Waals surface area contributed by atoms with E-state index in [0.717, 1.165) is 22.3 Å². The molecular formula is C16H19NO2. The molecule has 3 heteroatoms. The number of hydrogen-bond acceptors (Lipinski definition) is 3. The van der Waals surface area contributed by atoms with Crippen molar-refractivity contribution in [1.29, 1.82) is 0 Å². The molecule has 0 bridgehead atoms. The highest BCUT2D eigenvalue weighted by Crippen LogP contribution is 2.23. The molecule has 3 nitrogen and oxygen atoms in total. The van der Waals surface area contributed by atoms with Gasteiger partial charge in [-0.2, -0.15) is 0 Å². The molecule has 0 spiro atoms. The standard InChI is InChI=1S/C16H19NO2/c1-11-5-3-7-13(15(11)18)9-17-10-14-8-4-6-12(2)16(14)19/h3-8,17-19H,9-10H2,1-2H3. The Kier molecular flexibility index (Phi) is 4.07. The van der Waals surface area contributed by atoms with Gasteiger partial charge in [0.2, 0.25) is 0 Å². The Balaban J connectivity index is 2.00. The van der Waals surface area contributed by atoms with E-state index in [4.69, 9.17) is 0 Å². The van der Waals surface area contributed by atoms with Crippen LogP contribution in [0.15, 0.2) is 36.4 Å². The van der Waals surface area contributed by atoms with Crippen LogP contribution in [0.4, 0.5) is 0 Å². The lowest BCUT2D eigenvalue weighted by Crippen LogP contribution is -2.13. The van der Waals surface area contributed by atoms with Crippen molar-refractivity contribution < 1.29 is 10.2 Å². The number of para-hydroxylation sites is 2. The van der Waals surface area contributed by atoms with E-state index >= 15 is 0 Å². The van der Waals surface area contributed by atoms with Crippen LogP contribution < -0.4 is 5.32 Å². The Hall–Kier alpha value is -2.00. The van der Waals surface area contributed by atoms with E-state index in [1.54, 1.807) is 0 Å². The average Bonchev–Trinajstić information content (AvgIpc) is 2.39. The number of rotatable bonds is 4. The molecule has 3 N–H and O–H groups in total. The predicted molar refractivity (Wildman–Crippen MR) is 76.2 cm³/mol. The Bertz CT molecular complexity index is 527. The highest BCUT2D eigenvalue weighted by molar-refractivity contribution is 5.40. The van der Waals surface area contributed by atoms with Gasteiger partial charge in [0.05, 0.1) is 0 Å². The quantitative estimate of drug-likeness (QED) is 0.789. The maximum Gasteiger partial charge on any atom is 0.122 e. The van der Waals surface area contributed by atoms with Crippen LogP contribution in [0, 0.1) is 13.8 Å². The lowest BCUT2D eigenvalue weighted by molar-refractivity contribution is 0.454. The van der Waals surface area contributed by atoms with Crippen LogP contribution in [0.5, 0.6) is 11.5 Å². The van der Waals surface area contributed by atoms with E-state index < -0.39 is 0 Å². The van der Waals surface area contributed by atoms with Gasteiger partial charge in [-0.3, -0.25) is 0 Å². The first kappa shape index (κ1) is 13.4. The summed E-state index contributed by atoms with van der Waals surface area (Å²) in [5.74, 6) is 0.673. The topological polar surface area (TPSA) is 52.5 Å². The van der Waals surface area contributed by atoms with Gasteiger partial charge in [-0.1, -0.05) is 36.4 Å². The van der Waals surface area contributed by atoms with Gasteiger partial charge in [-0.15, -0.1) is 0 Å². The molecule has 0 atom stereocenters. The van der Waals surface area contributed by atoms with Crippen molar-refractivity contribution in [2.75, 3.05) is 0 Å². The maximum absolute atomic E-state index is 9.90. The Morgan fingerprint density at radius 1 is 0.789 bits per heavy atom. The van der Waals surface area contributed by atoms with Crippen LogP contribution in [0.3, 0.4) is 0 Å². The van der Waals surface area contributed by atoms with E-state index in [9.17, 15) is 10.2 Å². The summed E-state index contributed by atoms with van der Waals surface area (Å²) in [5.41, 5.74) is 3.48. The smallest absolute Gasteiger partial charge is 0.122 e.